The second kappa shape index (κ2) is 12.8. The summed E-state index contributed by atoms with van der Waals surface area (Å²) < 4.78 is 0. The number of aliphatic imine (C=N–C) groups is 1. The van der Waals surface area contributed by atoms with E-state index in [-0.39, 0.29) is 30.8 Å². The summed E-state index contributed by atoms with van der Waals surface area (Å²) in [6.07, 6.45) is 2.19. The lowest BCUT2D eigenvalue weighted by atomic mass is 9.97. The van der Waals surface area contributed by atoms with E-state index in [1.54, 1.807) is 13.8 Å². The van der Waals surface area contributed by atoms with Crippen LogP contribution in [0.2, 0.25) is 0 Å². The molecule has 9 N–H and O–H groups in total. The smallest absolute Gasteiger partial charge is 0.326 e. The summed E-state index contributed by atoms with van der Waals surface area (Å²) in [5.74, 6) is -2.90. The molecule has 1 aliphatic heterocycles. The molecule has 0 aromatic rings. The highest BCUT2D eigenvalue weighted by Crippen LogP contribution is 2.19. The lowest BCUT2D eigenvalue weighted by molar-refractivity contribution is -0.143. The number of nitrogens with two attached hydrogens (primary N) is 3. The van der Waals surface area contributed by atoms with Crippen molar-refractivity contribution < 1.29 is 24.3 Å². The summed E-state index contributed by atoms with van der Waals surface area (Å²) in [5, 5.41) is 14.7. The Morgan fingerprint density at radius 1 is 1.19 bits per heavy atom. The minimum Gasteiger partial charge on any atom is -0.480 e. The molecule has 1 fully saturated rings. The van der Waals surface area contributed by atoms with Crippen molar-refractivity contribution in [2.24, 2.45) is 28.1 Å². The molecule has 0 bridgehead atoms. The highest BCUT2D eigenvalue weighted by atomic mass is 16.4. The van der Waals surface area contributed by atoms with Gasteiger partial charge in [-0.3, -0.25) is 19.4 Å². The maximum Gasteiger partial charge on any atom is 0.326 e. The van der Waals surface area contributed by atoms with Crippen molar-refractivity contribution in [2.45, 2.75) is 77.0 Å². The zero-order valence-corrected chi connectivity index (χ0v) is 19.0. The molecule has 0 aromatic carbocycles. The number of rotatable bonds is 12. The molecule has 0 aliphatic carbocycles. The first-order valence-corrected chi connectivity index (χ1v) is 10.9. The fourth-order valence-corrected chi connectivity index (χ4v) is 3.54. The monoisotopic (exact) mass is 455 g/mol. The second-order valence-corrected chi connectivity index (χ2v) is 8.20. The summed E-state index contributed by atoms with van der Waals surface area (Å²) in [4.78, 5) is 55.0. The topological polar surface area (TPSA) is 206 Å². The van der Waals surface area contributed by atoms with Crippen LogP contribution >= 0.6 is 0 Å². The number of hydrogen-bond donors (Lipinski definition) is 6. The molecule has 1 heterocycles. The van der Waals surface area contributed by atoms with Crippen LogP contribution in [0.3, 0.4) is 0 Å². The maximum absolute atomic E-state index is 12.9. The van der Waals surface area contributed by atoms with Gasteiger partial charge in [0, 0.05) is 13.1 Å². The van der Waals surface area contributed by atoms with Crippen LogP contribution in [0.1, 0.15) is 52.9 Å². The lowest BCUT2D eigenvalue weighted by Gasteiger charge is -2.30. The average Bonchev–Trinajstić information content (AvgIpc) is 3.22. The van der Waals surface area contributed by atoms with E-state index in [9.17, 15) is 24.3 Å². The molecule has 182 valence electrons. The molecule has 12 nitrogen and oxygen atoms in total. The van der Waals surface area contributed by atoms with Crippen LogP contribution in [0.15, 0.2) is 4.99 Å². The van der Waals surface area contributed by atoms with Crippen molar-refractivity contribution in [3.63, 3.8) is 0 Å². The maximum atomic E-state index is 12.9. The fourth-order valence-electron chi connectivity index (χ4n) is 3.54. The van der Waals surface area contributed by atoms with Gasteiger partial charge in [0.2, 0.25) is 17.7 Å². The van der Waals surface area contributed by atoms with Crippen LogP contribution in [0.25, 0.3) is 0 Å². The fraction of sp³-hybridized carbons (Fsp3) is 0.750. The van der Waals surface area contributed by atoms with Gasteiger partial charge in [-0.1, -0.05) is 20.3 Å². The van der Waals surface area contributed by atoms with Gasteiger partial charge in [-0.2, -0.15) is 0 Å². The number of carbonyl (C=O) groups is 4. The molecule has 1 saturated heterocycles. The van der Waals surface area contributed by atoms with E-state index in [4.69, 9.17) is 17.2 Å². The van der Waals surface area contributed by atoms with E-state index in [1.165, 1.54) is 4.90 Å². The molecule has 3 amide bonds. The zero-order chi connectivity index (χ0) is 24.4. The number of aliphatic carboxylic acids is 1. The van der Waals surface area contributed by atoms with Crippen molar-refractivity contribution >= 4 is 29.7 Å². The van der Waals surface area contributed by atoms with Crippen LogP contribution in [-0.2, 0) is 19.2 Å². The number of likely N-dealkylation sites (tertiary alicyclic amines) is 1. The Bertz CT molecular complexity index is 708. The molecule has 5 unspecified atom stereocenters. The van der Waals surface area contributed by atoms with Gasteiger partial charge in [-0.15, -0.1) is 0 Å². The average molecular weight is 456 g/mol. The number of guanidine groups is 1. The highest BCUT2D eigenvalue weighted by molar-refractivity contribution is 5.94. The minimum absolute atomic E-state index is 0.0936. The Morgan fingerprint density at radius 3 is 2.38 bits per heavy atom. The van der Waals surface area contributed by atoms with Gasteiger partial charge in [-0.05, 0) is 38.5 Å². The van der Waals surface area contributed by atoms with Crippen LogP contribution < -0.4 is 27.8 Å². The first-order valence-electron chi connectivity index (χ1n) is 10.9. The zero-order valence-electron chi connectivity index (χ0n) is 19.0. The number of carboxylic acids is 1. The van der Waals surface area contributed by atoms with Crippen molar-refractivity contribution in [3.8, 4) is 0 Å². The number of nitrogens with zero attached hydrogens (tertiary/aromatic N) is 2. The predicted molar refractivity (Wildman–Crippen MR) is 119 cm³/mol. The number of hydrogen-bond acceptors (Lipinski definition) is 6. The Labute approximate surface area is 188 Å². The van der Waals surface area contributed by atoms with Crippen LogP contribution in [0.4, 0.5) is 0 Å². The van der Waals surface area contributed by atoms with Crippen LogP contribution in [-0.4, -0.2) is 76.9 Å². The second-order valence-electron chi connectivity index (χ2n) is 8.20. The molecule has 0 saturated carbocycles. The van der Waals surface area contributed by atoms with Gasteiger partial charge in [0.05, 0.1) is 6.04 Å². The van der Waals surface area contributed by atoms with E-state index < -0.39 is 42.0 Å². The molecule has 0 spiro atoms. The summed E-state index contributed by atoms with van der Waals surface area (Å²) >= 11 is 0. The first kappa shape index (κ1) is 27.1. The van der Waals surface area contributed by atoms with E-state index in [1.807, 2.05) is 6.92 Å². The van der Waals surface area contributed by atoms with Crippen molar-refractivity contribution in [2.75, 3.05) is 13.1 Å². The predicted octanol–water partition coefficient (Wildman–Crippen LogP) is -1.52. The molecule has 32 heavy (non-hydrogen) atoms. The third kappa shape index (κ3) is 7.98. The van der Waals surface area contributed by atoms with Gasteiger partial charge in [-0.25, -0.2) is 4.79 Å². The number of nitrogens with one attached hydrogen (secondary N) is 2. The normalized spacial score (nSPS) is 19.4. The van der Waals surface area contributed by atoms with Gasteiger partial charge in [0.25, 0.3) is 0 Å². The van der Waals surface area contributed by atoms with E-state index in [2.05, 4.69) is 15.6 Å². The van der Waals surface area contributed by atoms with Gasteiger partial charge >= 0.3 is 5.97 Å². The largest absolute Gasteiger partial charge is 0.480 e. The molecule has 0 radical (unpaired) electrons. The molecule has 1 aliphatic rings. The molecule has 5 atom stereocenters. The highest BCUT2D eigenvalue weighted by Gasteiger charge is 2.38. The third-order valence-corrected chi connectivity index (χ3v) is 5.58. The Hall–Kier alpha value is -2.89. The standard InChI is InChI=1S/C20H37N7O5/c1-4-11(2)15(17(29)25-13(19(31)32)7-5-9-24-20(22)23)26-16(28)14-8-6-10-27(14)18(30)12(3)21/h11-15H,4-10,21H2,1-3H3,(H,25,29)(H,26,28)(H,31,32)(H4,22,23,24). The molecule has 1 rings (SSSR count). The van der Waals surface area contributed by atoms with Crippen molar-refractivity contribution in [1.82, 2.24) is 15.5 Å². The summed E-state index contributed by atoms with van der Waals surface area (Å²) in [5.41, 5.74) is 16.2. The summed E-state index contributed by atoms with van der Waals surface area (Å²) in [6.45, 7) is 5.87. The quantitative estimate of drug-likeness (QED) is 0.115. The Kier molecular flexibility index (Phi) is 10.9. The van der Waals surface area contributed by atoms with Gasteiger partial charge in [0.15, 0.2) is 5.96 Å². The lowest BCUT2D eigenvalue weighted by Crippen LogP contribution is -2.58. The SMILES string of the molecule is CCC(C)C(NC(=O)C1CCCN1C(=O)C(C)N)C(=O)NC(CCCN=C(N)N)C(=O)O. The number of amides is 3. The number of carbonyl (C=O) groups excluding carboxylic acids is 3. The molecule has 0 aromatic heterocycles. The number of carboxylic acid groups (broad SMARTS) is 1. The van der Waals surface area contributed by atoms with Crippen LogP contribution in [0, 0.1) is 5.92 Å². The van der Waals surface area contributed by atoms with E-state index in [0.717, 1.165) is 0 Å². The molecular weight excluding hydrogens is 418 g/mol. The third-order valence-electron chi connectivity index (χ3n) is 5.58. The van der Waals surface area contributed by atoms with Gasteiger partial charge < -0.3 is 37.8 Å². The van der Waals surface area contributed by atoms with Gasteiger partial charge in [0.1, 0.15) is 18.1 Å². The van der Waals surface area contributed by atoms with Crippen molar-refractivity contribution in [1.29, 1.82) is 0 Å². The Balaban J connectivity index is 2.86. The Morgan fingerprint density at radius 2 is 1.84 bits per heavy atom. The summed E-state index contributed by atoms with van der Waals surface area (Å²) in [7, 11) is 0. The minimum atomic E-state index is -1.19. The van der Waals surface area contributed by atoms with Crippen molar-refractivity contribution in [3.05, 3.63) is 0 Å². The van der Waals surface area contributed by atoms with Crippen LogP contribution in [0.5, 0.6) is 0 Å². The van der Waals surface area contributed by atoms with E-state index in [0.29, 0.717) is 32.2 Å². The van der Waals surface area contributed by atoms with E-state index >= 15 is 0 Å². The molecule has 12 heteroatoms. The summed E-state index contributed by atoms with van der Waals surface area (Å²) in [6, 6.07) is -3.53. The molecular formula is C20H37N7O5. The first-order chi connectivity index (χ1) is 15.0.